The van der Waals surface area contributed by atoms with Crippen molar-refractivity contribution >= 4 is 23.6 Å². The predicted octanol–water partition coefficient (Wildman–Crippen LogP) is 2.55. The van der Waals surface area contributed by atoms with E-state index in [-0.39, 0.29) is 11.6 Å². The Morgan fingerprint density at radius 1 is 1.19 bits per heavy atom. The zero-order chi connectivity index (χ0) is 20.2. The SMILES string of the molecule is CCCNC(=O)c1ccc(NC(=O)N2C[C@@H](C(F)(F)F)[C@H](C(=O)O)C2)cc1. The van der Waals surface area contributed by atoms with Gasteiger partial charge in [-0.2, -0.15) is 13.2 Å². The molecule has 7 nitrogen and oxygen atoms in total. The Kier molecular flexibility index (Phi) is 6.29. The summed E-state index contributed by atoms with van der Waals surface area (Å²) in [6, 6.07) is 5.03. The van der Waals surface area contributed by atoms with Gasteiger partial charge >= 0.3 is 18.2 Å². The van der Waals surface area contributed by atoms with Crippen LogP contribution >= 0.6 is 0 Å². The van der Waals surface area contributed by atoms with Gasteiger partial charge in [-0.15, -0.1) is 0 Å². The van der Waals surface area contributed by atoms with Crippen LogP contribution in [0.3, 0.4) is 0 Å². The fourth-order valence-corrected chi connectivity index (χ4v) is 2.80. The van der Waals surface area contributed by atoms with Crippen molar-refractivity contribution in [2.75, 3.05) is 25.0 Å². The minimum Gasteiger partial charge on any atom is -0.481 e. The molecule has 0 bridgehead atoms. The smallest absolute Gasteiger partial charge is 0.394 e. The van der Waals surface area contributed by atoms with Crippen LogP contribution in [-0.4, -0.2) is 53.7 Å². The van der Waals surface area contributed by atoms with Crippen molar-refractivity contribution in [3.8, 4) is 0 Å². The normalized spacial score (nSPS) is 19.6. The van der Waals surface area contributed by atoms with Crippen LogP contribution in [0.25, 0.3) is 0 Å². The van der Waals surface area contributed by atoms with Crippen LogP contribution in [0.2, 0.25) is 0 Å². The van der Waals surface area contributed by atoms with E-state index in [0.717, 1.165) is 11.3 Å². The number of anilines is 1. The van der Waals surface area contributed by atoms with Crippen molar-refractivity contribution in [1.29, 1.82) is 0 Å². The Labute approximate surface area is 153 Å². The van der Waals surface area contributed by atoms with Gasteiger partial charge in [0.05, 0.1) is 11.8 Å². The molecule has 0 saturated carbocycles. The molecule has 1 saturated heterocycles. The maximum Gasteiger partial charge on any atom is 0.394 e. The first kappa shape index (κ1) is 20.5. The van der Waals surface area contributed by atoms with Crippen molar-refractivity contribution in [2.24, 2.45) is 11.8 Å². The molecule has 1 aromatic carbocycles. The van der Waals surface area contributed by atoms with E-state index in [4.69, 9.17) is 5.11 Å². The van der Waals surface area contributed by atoms with Gasteiger partial charge in [0.1, 0.15) is 0 Å². The Morgan fingerprint density at radius 3 is 2.30 bits per heavy atom. The molecule has 0 aliphatic carbocycles. The molecule has 2 atom stereocenters. The lowest BCUT2D eigenvalue weighted by atomic mass is 9.96. The Morgan fingerprint density at radius 2 is 1.81 bits per heavy atom. The summed E-state index contributed by atoms with van der Waals surface area (Å²) in [7, 11) is 0. The number of nitrogens with one attached hydrogen (secondary N) is 2. The number of hydrogen-bond acceptors (Lipinski definition) is 3. The highest BCUT2D eigenvalue weighted by Crippen LogP contribution is 2.37. The van der Waals surface area contributed by atoms with Gasteiger partial charge in [0.25, 0.3) is 5.91 Å². The second kappa shape index (κ2) is 8.28. The molecular formula is C17H20F3N3O4. The van der Waals surface area contributed by atoms with Crippen LogP contribution in [0.15, 0.2) is 24.3 Å². The molecule has 148 valence electrons. The number of carbonyl (C=O) groups excluding carboxylic acids is 2. The number of benzene rings is 1. The van der Waals surface area contributed by atoms with E-state index in [2.05, 4.69) is 10.6 Å². The van der Waals surface area contributed by atoms with Crippen LogP contribution < -0.4 is 10.6 Å². The summed E-state index contributed by atoms with van der Waals surface area (Å²) in [5, 5.41) is 14.1. The summed E-state index contributed by atoms with van der Waals surface area (Å²) in [4.78, 5) is 35.9. The number of aliphatic carboxylic acids is 1. The van der Waals surface area contributed by atoms with Crippen molar-refractivity contribution in [3.63, 3.8) is 0 Å². The van der Waals surface area contributed by atoms with E-state index in [1.54, 1.807) is 0 Å². The highest BCUT2D eigenvalue weighted by Gasteiger charge is 2.53. The molecule has 2 rings (SSSR count). The van der Waals surface area contributed by atoms with Crippen molar-refractivity contribution < 1.29 is 32.7 Å². The van der Waals surface area contributed by atoms with Crippen molar-refractivity contribution in [2.45, 2.75) is 19.5 Å². The largest absolute Gasteiger partial charge is 0.481 e. The number of alkyl halides is 3. The van der Waals surface area contributed by atoms with Gasteiger partial charge in [0, 0.05) is 30.9 Å². The summed E-state index contributed by atoms with van der Waals surface area (Å²) < 4.78 is 39.0. The lowest BCUT2D eigenvalue weighted by Gasteiger charge is -2.18. The van der Waals surface area contributed by atoms with Gasteiger partial charge in [0.2, 0.25) is 0 Å². The molecular weight excluding hydrogens is 367 g/mol. The lowest BCUT2D eigenvalue weighted by molar-refractivity contribution is -0.187. The van der Waals surface area contributed by atoms with Crippen LogP contribution in [0, 0.1) is 11.8 Å². The number of nitrogens with zero attached hydrogens (tertiary/aromatic N) is 1. The lowest BCUT2D eigenvalue weighted by Crippen LogP contribution is -2.35. The van der Waals surface area contributed by atoms with E-state index in [1.807, 2.05) is 6.92 Å². The number of halogens is 3. The molecule has 3 N–H and O–H groups in total. The number of likely N-dealkylation sites (tertiary alicyclic amines) is 1. The number of carboxylic acids is 1. The summed E-state index contributed by atoms with van der Waals surface area (Å²) in [6.45, 7) is 1.19. The average Bonchev–Trinajstić information content (AvgIpc) is 3.06. The van der Waals surface area contributed by atoms with E-state index in [9.17, 15) is 27.6 Å². The standard InChI is InChI=1S/C17H20F3N3O4/c1-2-7-21-14(24)10-3-5-11(6-4-10)22-16(27)23-8-12(15(25)26)13(9-23)17(18,19)20/h3-6,12-13H,2,7-9H2,1H3,(H,21,24)(H,22,27)(H,25,26)/t12-,13-/m1/s1. The number of carbonyl (C=O) groups is 3. The second-order valence-electron chi connectivity index (χ2n) is 6.26. The highest BCUT2D eigenvalue weighted by molar-refractivity contribution is 5.95. The first-order valence-corrected chi connectivity index (χ1v) is 8.37. The van der Waals surface area contributed by atoms with Gasteiger partial charge in [-0.05, 0) is 30.7 Å². The topological polar surface area (TPSA) is 98.7 Å². The molecule has 27 heavy (non-hydrogen) atoms. The van der Waals surface area contributed by atoms with Crippen molar-refractivity contribution in [3.05, 3.63) is 29.8 Å². The molecule has 1 fully saturated rings. The van der Waals surface area contributed by atoms with Crippen LogP contribution in [0.5, 0.6) is 0 Å². The molecule has 1 heterocycles. The van der Waals surface area contributed by atoms with E-state index in [1.165, 1.54) is 24.3 Å². The summed E-state index contributed by atoms with van der Waals surface area (Å²) in [5.41, 5.74) is 0.667. The predicted molar refractivity (Wildman–Crippen MR) is 90.3 cm³/mol. The number of amides is 3. The molecule has 0 radical (unpaired) electrons. The van der Waals surface area contributed by atoms with Gasteiger partial charge in [-0.1, -0.05) is 6.92 Å². The minimum atomic E-state index is -4.70. The fraction of sp³-hybridized carbons (Fsp3) is 0.471. The first-order valence-electron chi connectivity index (χ1n) is 8.37. The van der Waals surface area contributed by atoms with Crippen LogP contribution in [-0.2, 0) is 4.79 Å². The summed E-state index contributed by atoms with van der Waals surface area (Å²) in [5.74, 6) is -5.66. The molecule has 0 aromatic heterocycles. The van der Waals surface area contributed by atoms with E-state index in [0.29, 0.717) is 12.1 Å². The molecule has 0 spiro atoms. The Balaban J connectivity index is 2.01. The van der Waals surface area contributed by atoms with Gasteiger partial charge < -0.3 is 20.6 Å². The molecule has 10 heteroatoms. The third kappa shape index (κ3) is 5.11. The third-order valence-corrected chi connectivity index (χ3v) is 4.28. The molecule has 1 aromatic rings. The zero-order valence-electron chi connectivity index (χ0n) is 14.5. The number of carboxylic acid groups (broad SMARTS) is 1. The number of urea groups is 1. The maximum atomic E-state index is 13.0. The van der Waals surface area contributed by atoms with Gasteiger partial charge in [-0.25, -0.2) is 4.79 Å². The Bertz CT molecular complexity index is 706. The van der Waals surface area contributed by atoms with Gasteiger partial charge in [-0.3, -0.25) is 9.59 Å². The average molecular weight is 387 g/mol. The van der Waals surface area contributed by atoms with E-state index >= 15 is 0 Å². The Hall–Kier alpha value is -2.78. The molecule has 1 aliphatic rings. The fourth-order valence-electron chi connectivity index (χ4n) is 2.80. The van der Waals surface area contributed by atoms with Crippen LogP contribution in [0.4, 0.5) is 23.7 Å². The van der Waals surface area contributed by atoms with Crippen molar-refractivity contribution in [1.82, 2.24) is 10.2 Å². The third-order valence-electron chi connectivity index (χ3n) is 4.28. The van der Waals surface area contributed by atoms with E-state index < -0.39 is 43.1 Å². The first-order chi connectivity index (χ1) is 12.6. The van der Waals surface area contributed by atoms with Crippen LogP contribution in [0.1, 0.15) is 23.7 Å². The summed E-state index contributed by atoms with van der Waals surface area (Å²) in [6.07, 6.45) is -3.92. The quantitative estimate of drug-likeness (QED) is 0.723. The molecule has 1 aliphatic heterocycles. The highest BCUT2D eigenvalue weighted by atomic mass is 19.4. The zero-order valence-corrected chi connectivity index (χ0v) is 14.5. The number of hydrogen-bond donors (Lipinski definition) is 3. The monoisotopic (exact) mass is 387 g/mol. The minimum absolute atomic E-state index is 0.272. The summed E-state index contributed by atoms with van der Waals surface area (Å²) >= 11 is 0. The maximum absolute atomic E-state index is 13.0. The molecule has 0 unspecified atom stereocenters. The second-order valence-corrected chi connectivity index (χ2v) is 6.26. The molecule has 3 amide bonds. The van der Waals surface area contributed by atoms with Gasteiger partial charge in [0.15, 0.2) is 0 Å². The number of rotatable bonds is 5.